The van der Waals surface area contributed by atoms with Crippen molar-refractivity contribution in [2.45, 2.75) is 181 Å². The van der Waals surface area contributed by atoms with Crippen molar-refractivity contribution < 1.29 is 14.6 Å². The number of carbonyl (C=O) groups excluding carboxylic acids is 1. The lowest BCUT2D eigenvalue weighted by molar-refractivity contribution is -0.145. The van der Waals surface area contributed by atoms with Crippen LogP contribution in [0.1, 0.15) is 175 Å². The zero-order valence-corrected chi connectivity index (χ0v) is 23.6. The van der Waals surface area contributed by atoms with Gasteiger partial charge in [0.15, 0.2) is 0 Å². The molecule has 204 valence electrons. The highest BCUT2D eigenvalue weighted by Crippen LogP contribution is 2.20. The van der Waals surface area contributed by atoms with Crippen molar-refractivity contribution in [3.8, 4) is 0 Å². The quantitative estimate of drug-likeness (QED) is 0.0935. The highest BCUT2D eigenvalue weighted by Gasteiger charge is 2.12. The van der Waals surface area contributed by atoms with E-state index in [-0.39, 0.29) is 12.1 Å². The smallest absolute Gasteiger partial charge is 0.305 e. The van der Waals surface area contributed by atoms with Crippen molar-refractivity contribution in [1.29, 1.82) is 0 Å². The van der Waals surface area contributed by atoms with Gasteiger partial charge in [-0.15, -0.1) is 0 Å². The fourth-order valence-corrected chi connectivity index (χ4v) is 4.80. The van der Waals surface area contributed by atoms with E-state index in [2.05, 4.69) is 20.8 Å². The van der Waals surface area contributed by atoms with Crippen LogP contribution in [0.3, 0.4) is 0 Å². The zero-order valence-electron chi connectivity index (χ0n) is 23.6. The van der Waals surface area contributed by atoms with Crippen molar-refractivity contribution in [3.63, 3.8) is 0 Å². The maximum absolute atomic E-state index is 12.2. The van der Waals surface area contributed by atoms with Crippen molar-refractivity contribution in [2.24, 2.45) is 5.92 Å². The van der Waals surface area contributed by atoms with E-state index in [1.165, 1.54) is 109 Å². The summed E-state index contributed by atoms with van der Waals surface area (Å²) in [5, 5.41) is 9.98. The molecule has 0 aliphatic rings. The normalized spacial score (nSPS) is 13.2. The Labute approximate surface area is 214 Å². The van der Waals surface area contributed by atoms with E-state index in [4.69, 9.17) is 4.74 Å². The van der Waals surface area contributed by atoms with Crippen molar-refractivity contribution in [2.75, 3.05) is 6.61 Å². The molecule has 0 rings (SSSR count). The molecule has 0 radical (unpaired) electrons. The highest BCUT2D eigenvalue weighted by atomic mass is 16.5. The van der Waals surface area contributed by atoms with Crippen LogP contribution in [-0.2, 0) is 9.53 Å². The number of esters is 1. The highest BCUT2D eigenvalue weighted by molar-refractivity contribution is 5.69. The molecule has 2 atom stereocenters. The molecule has 0 heterocycles. The Kier molecular flexibility index (Phi) is 26.6. The molecule has 0 saturated carbocycles. The van der Waals surface area contributed by atoms with Crippen LogP contribution < -0.4 is 0 Å². The second-order valence-electron chi connectivity index (χ2n) is 10.8. The molecule has 34 heavy (non-hydrogen) atoms. The van der Waals surface area contributed by atoms with E-state index in [0.717, 1.165) is 38.5 Å². The lowest BCUT2D eigenvalue weighted by Crippen LogP contribution is -2.14. The maximum atomic E-state index is 12.2. The van der Waals surface area contributed by atoms with Gasteiger partial charge in [0.25, 0.3) is 0 Å². The van der Waals surface area contributed by atoms with Crippen molar-refractivity contribution >= 4 is 5.97 Å². The van der Waals surface area contributed by atoms with Crippen LogP contribution in [0, 0.1) is 5.92 Å². The van der Waals surface area contributed by atoms with Gasteiger partial charge in [0.2, 0.25) is 0 Å². The van der Waals surface area contributed by atoms with E-state index >= 15 is 0 Å². The summed E-state index contributed by atoms with van der Waals surface area (Å²) in [7, 11) is 0. The van der Waals surface area contributed by atoms with Gasteiger partial charge in [-0.2, -0.15) is 0 Å². The first-order chi connectivity index (χ1) is 16.6. The molecular formula is C31H62O3. The van der Waals surface area contributed by atoms with Crippen LogP contribution >= 0.6 is 0 Å². The molecule has 0 aromatic heterocycles. The van der Waals surface area contributed by atoms with E-state index in [1.54, 1.807) is 0 Å². The van der Waals surface area contributed by atoms with Gasteiger partial charge >= 0.3 is 5.97 Å². The Hall–Kier alpha value is -0.570. The second-order valence-corrected chi connectivity index (χ2v) is 10.8. The number of aliphatic hydroxyl groups is 1. The number of carbonyl (C=O) groups is 1. The third-order valence-corrected chi connectivity index (χ3v) is 7.22. The summed E-state index contributed by atoms with van der Waals surface area (Å²) < 4.78 is 5.70. The minimum atomic E-state index is -0.0992. The number of hydrogen-bond acceptors (Lipinski definition) is 3. The maximum Gasteiger partial charge on any atom is 0.305 e. The first kappa shape index (κ1) is 33.4. The van der Waals surface area contributed by atoms with Crippen LogP contribution in [0.15, 0.2) is 0 Å². The summed E-state index contributed by atoms with van der Waals surface area (Å²) in [6.07, 6.45) is 28.5. The van der Waals surface area contributed by atoms with Crippen LogP contribution in [-0.4, -0.2) is 23.8 Å². The summed E-state index contributed by atoms with van der Waals surface area (Å²) in [6, 6.07) is 0. The number of unbranched alkanes of at least 4 members (excludes halogenated alkanes) is 15. The molecular weight excluding hydrogens is 420 g/mol. The molecule has 0 fully saturated rings. The number of hydrogen-bond donors (Lipinski definition) is 1. The van der Waals surface area contributed by atoms with Gasteiger partial charge in [0, 0.05) is 6.42 Å². The van der Waals surface area contributed by atoms with Gasteiger partial charge in [0.1, 0.15) is 0 Å². The van der Waals surface area contributed by atoms with E-state index in [9.17, 15) is 9.90 Å². The lowest BCUT2D eigenvalue weighted by atomic mass is 9.95. The summed E-state index contributed by atoms with van der Waals surface area (Å²) in [5.41, 5.74) is 0. The minimum absolute atomic E-state index is 0.0108. The molecule has 0 aromatic carbocycles. The topological polar surface area (TPSA) is 46.5 Å². The summed E-state index contributed by atoms with van der Waals surface area (Å²) in [6.45, 7) is 7.37. The molecule has 3 heteroatoms. The van der Waals surface area contributed by atoms with Crippen LogP contribution in [0.2, 0.25) is 0 Å². The first-order valence-electron chi connectivity index (χ1n) is 15.5. The summed E-state index contributed by atoms with van der Waals surface area (Å²) >= 11 is 0. The SMILES string of the molecule is CCCCCCCCC(CCCCCC)COC(=O)CCCCCCCCC(O)CCCCC. The second kappa shape index (κ2) is 27.0. The number of aliphatic hydroxyl groups excluding tert-OH is 1. The Bertz CT molecular complexity index is 409. The molecule has 0 aliphatic carbocycles. The van der Waals surface area contributed by atoms with Crippen molar-refractivity contribution in [1.82, 2.24) is 0 Å². The fraction of sp³-hybridized carbons (Fsp3) is 0.968. The Morgan fingerprint density at radius 1 is 0.559 bits per heavy atom. The molecule has 0 amide bonds. The summed E-state index contributed by atoms with van der Waals surface area (Å²) in [4.78, 5) is 12.2. The van der Waals surface area contributed by atoms with Gasteiger partial charge in [-0.3, -0.25) is 4.79 Å². The number of rotatable bonds is 27. The van der Waals surface area contributed by atoms with Gasteiger partial charge in [0.05, 0.1) is 12.7 Å². The minimum Gasteiger partial charge on any atom is -0.465 e. The van der Waals surface area contributed by atoms with Crippen LogP contribution in [0.5, 0.6) is 0 Å². The molecule has 2 unspecified atom stereocenters. The monoisotopic (exact) mass is 482 g/mol. The predicted molar refractivity (Wildman–Crippen MR) is 148 cm³/mol. The Balaban J connectivity index is 3.80. The average molecular weight is 483 g/mol. The third kappa shape index (κ3) is 24.6. The molecule has 3 nitrogen and oxygen atoms in total. The largest absolute Gasteiger partial charge is 0.465 e. The fourth-order valence-electron chi connectivity index (χ4n) is 4.80. The van der Waals surface area contributed by atoms with E-state index in [1.807, 2.05) is 0 Å². The predicted octanol–water partition coefficient (Wildman–Crippen LogP) is 9.93. The lowest BCUT2D eigenvalue weighted by Gasteiger charge is -2.17. The van der Waals surface area contributed by atoms with Crippen molar-refractivity contribution in [3.05, 3.63) is 0 Å². The molecule has 1 N–H and O–H groups in total. The van der Waals surface area contributed by atoms with Crippen LogP contribution in [0.4, 0.5) is 0 Å². The van der Waals surface area contributed by atoms with Gasteiger partial charge < -0.3 is 9.84 Å². The molecule has 0 aliphatic heterocycles. The third-order valence-electron chi connectivity index (χ3n) is 7.22. The Morgan fingerprint density at radius 3 is 1.50 bits per heavy atom. The average Bonchev–Trinajstić information content (AvgIpc) is 2.83. The Morgan fingerprint density at radius 2 is 0.941 bits per heavy atom. The molecule has 0 spiro atoms. The standard InChI is InChI=1S/C31H62O3/c1-4-7-10-12-15-20-24-29(23-19-11-8-5-2)28-34-31(33)27-22-17-14-13-16-21-26-30(32)25-18-9-6-3/h29-30,32H,4-28H2,1-3H3. The molecule has 0 bridgehead atoms. The van der Waals surface area contributed by atoms with Gasteiger partial charge in [-0.25, -0.2) is 0 Å². The molecule has 0 aromatic rings. The van der Waals surface area contributed by atoms with Crippen LogP contribution in [0.25, 0.3) is 0 Å². The van der Waals surface area contributed by atoms with E-state index < -0.39 is 0 Å². The molecule has 0 saturated heterocycles. The zero-order chi connectivity index (χ0) is 25.1. The number of ether oxygens (including phenoxy) is 1. The van der Waals surface area contributed by atoms with Gasteiger partial charge in [-0.05, 0) is 38.0 Å². The van der Waals surface area contributed by atoms with Gasteiger partial charge in [-0.1, -0.05) is 136 Å². The van der Waals surface area contributed by atoms with E-state index in [0.29, 0.717) is 18.9 Å². The summed E-state index contributed by atoms with van der Waals surface area (Å²) in [5.74, 6) is 0.570. The first-order valence-corrected chi connectivity index (χ1v) is 15.5.